The number of allylic oxidation sites excluding steroid dienone is 2. The lowest BCUT2D eigenvalue weighted by Crippen LogP contribution is -1.81. The van der Waals surface area contributed by atoms with Crippen molar-refractivity contribution in [1.29, 1.82) is 0 Å². The molecule has 0 aromatic rings. The molecule has 1 aliphatic carbocycles. The molecule has 0 saturated heterocycles. The zero-order chi connectivity index (χ0) is 5.28. The fraction of sp³-hybridized carbons (Fsp3) is 0.600. The molecule has 0 N–H and O–H groups in total. The van der Waals surface area contributed by atoms with Gasteiger partial charge in [-0.05, 0) is 17.3 Å². The number of rotatable bonds is 0. The Bertz CT molecular complexity index is 98.3. The third-order valence-electron chi connectivity index (χ3n) is 1.02. The summed E-state index contributed by atoms with van der Waals surface area (Å²) in [6.07, 6.45) is 4.26. The van der Waals surface area contributed by atoms with Crippen LogP contribution in [0.3, 0.4) is 0 Å². The Morgan fingerprint density at radius 1 is 1.86 bits per heavy atom. The molecule has 1 atom stereocenters. The molecular weight excluding hydrogens is 175 g/mol. The average molecular weight is 181 g/mol. The molecule has 0 bridgehead atoms. The summed E-state index contributed by atoms with van der Waals surface area (Å²) >= 11 is 9.06. The van der Waals surface area contributed by atoms with Crippen LogP contribution in [0.15, 0.2) is 10.6 Å². The zero-order valence-electron chi connectivity index (χ0n) is 3.82. The van der Waals surface area contributed by atoms with Gasteiger partial charge in [-0.1, -0.05) is 22.0 Å². The Kier molecular flexibility index (Phi) is 1.76. The summed E-state index contributed by atoms with van der Waals surface area (Å²) in [6, 6.07) is 0. The van der Waals surface area contributed by atoms with Crippen molar-refractivity contribution in [2.75, 3.05) is 0 Å². The van der Waals surface area contributed by atoms with Gasteiger partial charge in [0, 0.05) is 0 Å². The van der Waals surface area contributed by atoms with E-state index in [-0.39, 0.29) is 5.38 Å². The predicted octanol–water partition coefficient (Wildman–Crippen LogP) is 2.67. The van der Waals surface area contributed by atoms with Crippen molar-refractivity contribution in [3.8, 4) is 0 Å². The van der Waals surface area contributed by atoms with Crippen LogP contribution in [0.2, 0.25) is 0 Å². The van der Waals surface area contributed by atoms with Crippen LogP contribution in [0, 0.1) is 0 Å². The maximum absolute atomic E-state index is 5.70. The molecule has 1 unspecified atom stereocenters. The quantitative estimate of drug-likeness (QED) is 0.504. The van der Waals surface area contributed by atoms with Gasteiger partial charge in [0.05, 0.1) is 5.38 Å². The molecule has 0 amide bonds. The Labute approximate surface area is 56.7 Å². The van der Waals surface area contributed by atoms with Gasteiger partial charge in [-0.25, -0.2) is 0 Å². The van der Waals surface area contributed by atoms with Crippen molar-refractivity contribution in [2.24, 2.45) is 0 Å². The average Bonchev–Trinajstić information content (AvgIpc) is 1.87. The summed E-state index contributed by atoms with van der Waals surface area (Å²) in [4.78, 5) is 0. The molecule has 0 nitrogen and oxygen atoms in total. The van der Waals surface area contributed by atoms with Crippen LogP contribution in [0.5, 0.6) is 0 Å². The minimum Gasteiger partial charge on any atom is -0.118 e. The van der Waals surface area contributed by atoms with Crippen LogP contribution in [0.25, 0.3) is 0 Å². The third-order valence-corrected chi connectivity index (χ3v) is 2.03. The molecular formula is C5H6BrCl. The normalized spacial score (nSPS) is 30.6. The van der Waals surface area contributed by atoms with E-state index in [9.17, 15) is 0 Å². The van der Waals surface area contributed by atoms with Crippen LogP contribution in [-0.4, -0.2) is 5.38 Å². The Hall–Kier alpha value is 0.510. The second-order valence-corrected chi connectivity index (χ2v) is 3.25. The molecule has 1 aliphatic rings. The van der Waals surface area contributed by atoms with Gasteiger partial charge in [0.25, 0.3) is 0 Å². The molecule has 0 radical (unpaired) electrons. The number of hydrogen-bond donors (Lipinski definition) is 0. The minimum absolute atomic E-state index is 0.286. The molecule has 0 aromatic heterocycles. The number of halogens is 2. The van der Waals surface area contributed by atoms with Gasteiger partial charge >= 0.3 is 0 Å². The Morgan fingerprint density at radius 3 is 2.71 bits per heavy atom. The molecule has 0 aromatic carbocycles. The van der Waals surface area contributed by atoms with E-state index in [1.165, 1.54) is 4.48 Å². The van der Waals surface area contributed by atoms with Gasteiger partial charge in [-0.15, -0.1) is 11.6 Å². The van der Waals surface area contributed by atoms with Crippen molar-refractivity contribution < 1.29 is 0 Å². The molecule has 0 fully saturated rings. The summed E-state index contributed by atoms with van der Waals surface area (Å²) in [6.45, 7) is 0. The third kappa shape index (κ3) is 1.46. The first-order chi connectivity index (χ1) is 3.29. The number of hydrogen-bond acceptors (Lipinski definition) is 0. The summed E-state index contributed by atoms with van der Waals surface area (Å²) < 4.78 is 1.26. The smallest absolute Gasteiger partial charge is 0.0530 e. The SMILES string of the molecule is ClC1C=C(Br)CC1. The monoisotopic (exact) mass is 180 g/mol. The summed E-state index contributed by atoms with van der Waals surface area (Å²) in [5.41, 5.74) is 0. The van der Waals surface area contributed by atoms with Gasteiger partial charge < -0.3 is 0 Å². The highest BCUT2D eigenvalue weighted by atomic mass is 79.9. The van der Waals surface area contributed by atoms with E-state index in [0.717, 1.165) is 12.8 Å². The van der Waals surface area contributed by atoms with Crippen molar-refractivity contribution >= 4 is 27.5 Å². The van der Waals surface area contributed by atoms with E-state index in [0.29, 0.717) is 0 Å². The van der Waals surface area contributed by atoms with Crippen LogP contribution < -0.4 is 0 Å². The Balaban J connectivity index is 2.50. The molecule has 0 aliphatic heterocycles. The molecule has 7 heavy (non-hydrogen) atoms. The maximum Gasteiger partial charge on any atom is 0.0530 e. The number of alkyl halides is 1. The van der Waals surface area contributed by atoms with Crippen molar-refractivity contribution in [2.45, 2.75) is 18.2 Å². The van der Waals surface area contributed by atoms with Crippen LogP contribution >= 0.6 is 27.5 Å². The molecule has 0 spiro atoms. The summed E-state index contributed by atoms with van der Waals surface area (Å²) in [5, 5.41) is 0.286. The van der Waals surface area contributed by atoms with E-state index < -0.39 is 0 Å². The van der Waals surface area contributed by atoms with E-state index in [1.807, 2.05) is 6.08 Å². The fourth-order valence-corrected chi connectivity index (χ4v) is 1.60. The lowest BCUT2D eigenvalue weighted by atomic mass is 10.4. The van der Waals surface area contributed by atoms with Gasteiger partial charge in [0.2, 0.25) is 0 Å². The first-order valence-corrected chi connectivity index (χ1v) is 3.52. The van der Waals surface area contributed by atoms with Gasteiger partial charge in [-0.3, -0.25) is 0 Å². The van der Waals surface area contributed by atoms with Gasteiger partial charge in [0.15, 0.2) is 0 Å². The fourth-order valence-electron chi connectivity index (χ4n) is 0.639. The molecule has 0 heterocycles. The molecule has 1 rings (SSSR count). The maximum atomic E-state index is 5.70. The van der Waals surface area contributed by atoms with E-state index in [1.54, 1.807) is 0 Å². The Morgan fingerprint density at radius 2 is 2.57 bits per heavy atom. The van der Waals surface area contributed by atoms with Crippen molar-refractivity contribution in [1.82, 2.24) is 0 Å². The van der Waals surface area contributed by atoms with Crippen molar-refractivity contribution in [3.63, 3.8) is 0 Å². The highest BCUT2D eigenvalue weighted by Gasteiger charge is 2.09. The zero-order valence-corrected chi connectivity index (χ0v) is 6.17. The predicted molar refractivity (Wildman–Crippen MR) is 35.9 cm³/mol. The standard InChI is InChI=1S/C5H6BrCl/c6-4-1-2-5(7)3-4/h3,5H,1-2H2. The summed E-state index contributed by atoms with van der Waals surface area (Å²) in [5.74, 6) is 0. The lowest BCUT2D eigenvalue weighted by Gasteiger charge is -1.86. The van der Waals surface area contributed by atoms with Crippen LogP contribution in [-0.2, 0) is 0 Å². The van der Waals surface area contributed by atoms with Gasteiger partial charge in [0.1, 0.15) is 0 Å². The van der Waals surface area contributed by atoms with E-state index in [4.69, 9.17) is 11.6 Å². The first-order valence-electron chi connectivity index (χ1n) is 2.29. The molecule has 2 heteroatoms. The van der Waals surface area contributed by atoms with Gasteiger partial charge in [-0.2, -0.15) is 0 Å². The molecule has 40 valence electrons. The second kappa shape index (κ2) is 2.19. The van der Waals surface area contributed by atoms with Crippen LogP contribution in [0.4, 0.5) is 0 Å². The van der Waals surface area contributed by atoms with E-state index >= 15 is 0 Å². The second-order valence-electron chi connectivity index (χ2n) is 1.67. The van der Waals surface area contributed by atoms with E-state index in [2.05, 4.69) is 15.9 Å². The topological polar surface area (TPSA) is 0 Å². The first kappa shape index (κ1) is 5.64. The minimum atomic E-state index is 0.286. The molecule has 0 saturated carbocycles. The van der Waals surface area contributed by atoms with Crippen LogP contribution in [0.1, 0.15) is 12.8 Å². The lowest BCUT2D eigenvalue weighted by molar-refractivity contribution is 0.932. The summed E-state index contributed by atoms with van der Waals surface area (Å²) in [7, 11) is 0. The highest BCUT2D eigenvalue weighted by molar-refractivity contribution is 9.11. The van der Waals surface area contributed by atoms with Crippen molar-refractivity contribution in [3.05, 3.63) is 10.6 Å². The largest absolute Gasteiger partial charge is 0.118 e. The highest BCUT2D eigenvalue weighted by Crippen LogP contribution is 2.26.